The van der Waals surface area contributed by atoms with Crippen LogP contribution in [0.15, 0.2) is 60.0 Å². The average molecular weight is 234 g/mol. The van der Waals surface area contributed by atoms with E-state index in [1.807, 2.05) is 17.5 Å². The van der Waals surface area contributed by atoms with Gasteiger partial charge in [-0.25, -0.2) is 0 Å². The number of fused-ring (bicyclic) bond motifs is 1. The van der Waals surface area contributed by atoms with Gasteiger partial charge in [-0.05, 0) is 34.4 Å². The number of thiophene rings is 1. The zero-order valence-corrected chi connectivity index (χ0v) is 10.00. The Morgan fingerprint density at radius 3 is 2.47 bits per heavy atom. The molecule has 1 heterocycles. The molecule has 0 spiro atoms. The van der Waals surface area contributed by atoms with Gasteiger partial charge in [-0.3, -0.25) is 0 Å². The smallest absolute Gasteiger partial charge is 0.0772 e. The highest BCUT2D eigenvalue weighted by Crippen LogP contribution is 2.15. The summed E-state index contributed by atoms with van der Waals surface area (Å²) < 4.78 is 0. The molecule has 3 aromatic rings. The second-order valence-corrected chi connectivity index (χ2v) is 4.74. The van der Waals surface area contributed by atoms with Crippen molar-refractivity contribution in [3.8, 4) is 11.8 Å². The van der Waals surface area contributed by atoms with Crippen molar-refractivity contribution < 1.29 is 0 Å². The molecule has 0 N–H and O–H groups in total. The first kappa shape index (κ1) is 10.1. The van der Waals surface area contributed by atoms with E-state index in [0.717, 1.165) is 10.4 Å². The first-order chi connectivity index (χ1) is 8.42. The predicted molar refractivity (Wildman–Crippen MR) is 74.2 cm³/mol. The molecule has 0 radical (unpaired) electrons. The van der Waals surface area contributed by atoms with Gasteiger partial charge in [0.2, 0.25) is 0 Å². The number of rotatable bonds is 0. The molecule has 0 nitrogen and oxygen atoms in total. The van der Waals surface area contributed by atoms with Crippen molar-refractivity contribution in [3.63, 3.8) is 0 Å². The van der Waals surface area contributed by atoms with Gasteiger partial charge in [0, 0.05) is 5.56 Å². The third kappa shape index (κ3) is 2.22. The van der Waals surface area contributed by atoms with Gasteiger partial charge in [-0.2, -0.15) is 0 Å². The zero-order chi connectivity index (χ0) is 11.5. The minimum atomic E-state index is 1.07. The molecule has 1 heteroatoms. The predicted octanol–water partition coefficient (Wildman–Crippen LogP) is 4.30. The van der Waals surface area contributed by atoms with Gasteiger partial charge < -0.3 is 0 Å². The molecule has 0 atom stereocenters. The molecule has 0 fully saturated rings. The molecule has 17 heavy (non-hydrogen) atoms. The fourth-order valence-electron chi connectivity index (χ4n) is 1.75. The summed E-state index contributed by atoms with van der Waals surface area (Å²) in [6.45, 7) is 0. The van der Waals surface area contributed by atoms with Gasteiger partial charge in [-0.1, -0.05) is 48.2 Å². The molecular formula is C16H10S. The summed E-state index contributed by atoms with van der Waals surface area (Å²) >= 11 is 1.67. The molecule has 1 aromatic heterocycles. The lowest BCUT2D eigenvalue weighted by atomic mass is 10.1. The molecule has 2 aromatic carbocycles. The molecule has 0 saturated heterocycles. The van der Waals surface area contributed by atoms with Crippen molar-refractivity contribution in [2.24, 2.45) is 0 Å². The maximum absolute atomic E-state index is 3.20. The Labute approximate surface area is 105 Å². The molecule has 0 aliphatic rings. The van der Waals surface area contributed by atoms with Crippen molar-refractivity contribution in [3.05, 3.63) is 70.4 Å². The lowest BCUT2D eigenvalue weighted by molar-refractivity contribution is 1.69. The van der Waals surface area contributed by atoms with Crippen LogP contribution >= 0.6 is 11.3 Å². The van der Waals surface area contributed by atoms with Crippen molar-refractivity contribution in [2.75, 3.05) is 0 Å². The highest BCUT2D eigenvalue weighted by molar-refractivity contribution is 7.10. The SMILES string of the molecule is C(#Cc1cccs1)c1ccc2ccccc2c1. The quantitative estimate of drug-likeness (QED) is 0.509. The van der Waals surface area contributed by atoms with E-state index in [-0.39, 0.29) is 0 Å². The Kier molecular flexibility index (Phi) is 2.65. The third-order valence-electron chi connectivity index (χ3n) is 2.60. The van der Waals surface area contributed by atoms with E-state index in [1.54, 1.807) is 11.3 Å². The van der Waals surface area contributed by atoms with Gasteiger partial charge in [-0.15, -0.1) is 11.3 Å². The van der Waals surface area contributed by atoms with Crippen LogP contribution in [0.5, 0.6) is 0 Å². The second-order valence-electron chi connectivity index (χ2n) is 3.79. The summed E-state index contributed by atoms with van der Waals surface area (Å²) in [4.78, 5) is 1.11. The van der Waals surface area contributed by atoms with Crippen molar-refractivity contribution >= 4 is 22.1 Å². The second kappa shape index (κ2) is 4.45. The van der Waals surface area contributed by atoms with Gasteiger partial charge in [0.15, 0.2) is 0 Å². The topological polar surface area (TPSA) is 0 Å². The Balaban J connectivity index is 2.01. The molecule has 0 aliphatic carbocycles. The monoisotopic (exact) mass is 234 g/mol. The van der Waals surface area contributed by atoms with Gasteiger partial charge in [0.05, 0.1) is 4.88 Å². The first-order valence-electron chi connectivity index (χ1n) is 5.46. The van der Waals surface area contributed by atoms with Gasteiger partial charge >= 0.3 is 0 Å². The highest BCUT2D eigenvalue weighted by atomic mass is 32.1. The molecule has 0 aliphatic heterocycles. The number of benzene rings is 2. The zero-order valence-electron chi connectivity index (χ0n) is 9.18. The third-order valence-corrected chi connectivity index (χ3v) is 3.39. The van der Waals surface area contributed by atoms with Crippen LogP contribution in [-0.2, 0) is 0 Å². The van der Waals surface area contributed by atoms with E-state index in [0.29, 0.717) is 0 Å². The maximum Gasteiger partial charge on any atom is 0.0772 e. The van der Waals surface area contributed by atoms with Crippen LogP contribution in [0.25, 0.3) is 10.8 Å². The summed E-state index contributed by atoms with van der Waals surface area (Å²) in [5.41, 5.74) is 1.07. The van der Waals surface area contributed by atoms with Crippen LogP contribution in [0, 0.1) is 11.8 Å². The van der Waals surface area contributed by atoms with Crippen LogP contribution < -0.4 is 0 Å². The Morgan fingerprint density at radius 2 is 1.65 bits per heavy atom. The summed E-state index contributed by atoms with van der Waals surface area (Å²) in [5, 5.41) is 4.55. The summed E-state index contributed by atoms with van der Waals surface area (Å²) in [6.07, 6.45) is 0. The van der Waals surface area contributed by atoms with Crippen molar-refractivity contribution in [1.29, 1.82) is 0 Å². The highest BCUT2D eigenvalue weighted by Gasteiger charge is 1.93. The maximum atomic E-state index is 3.20. The molecular weight excluding hydrogens is 224 g/mol. The van der Waals surface area contributed by atoms with Crippen LogP contribution in [0.2, 0.25) is 0 Å². The fourth-order valence-corrected chi connectivity index (χ4v) is 2.32. The summed E-state index contributed by atoms with van der Waals surface area (Å²) in [6, 6.07) is 18.7. The largest absolute Gasteiger partial charge is 0.135 e. The van der Waals surface area contributed by atoms with Gasteiger partial charge in [0.25, 0.3) is 0 Å². The molecule has 0 bridgehead atoms. The Bertz CT molecular complexity index is 697. The summed E-state index contributed by atoms with van der Waals surface area (Å²) in [5.74, 6) is 6.37. The molecule has 3 rings (SSSR count). The molecule has 0 unspecified atom stereocenters. The van der Waals surface area contributed by atoms with E-state index in [4.69, 9.17) is 0 Å². The number of hydrogen-bond donors (Lipinski definition) is 0. The minimum Gasteiger partial charge on any atom is -0.135 e. The van der Waals surface area contributed by atoms with Gasteiger partial charge in [0.1, 0.15) is 0 Å². The van der Waals surface area contributed by atoms with Crippen LogP contribution in [-0.4, -0.2) is 0 Å². The first-order valence-corrected chi connectivity index (χ1v) is 6.34. The average Bonchev–Trinajstić information content (AvgIpc) is 2.89. The van der Waals surface area contributed by atoms with E-state index in [9.17, 15) is 0 Å². The Morgan fingerprint density at radius 1 is 0.765 bits per heavy atom. The molecule has 0 amide bonds. The van der Waals surface area contributed by atoms with Crippen molar-refractivity contribution in [2.45, 2.75) is 0 Å². The standard InChI is InChI=1S/C16H10S/c1-2-5-15-12-13(7-9-14(15)4-1)8-10-16-6-3-11-17-16/h1-7,9,11-12H. The van der Waals surface area contributed by atoms with Crippen LogP contribution in [0.4, 0.5) is 0 Å². The lowest BCUT2D eigenvalue weighted by Gasteiger charge is -1.96. The fraction of sp³-hybridized carbons (Fsp3) is 0. The van der Waals surface area contributed by atoms with E-state index >= 15 is 0 Å². The van der Waals surface area contributed by atoms with E-state index in [1.165, 1.54) is 10.8 Å². The van der Waals surface area contributed by atoms with Crippen LogP contribution in [0.3, 0.4) is 0 Å². The van der Waals surface area contributed by atoms with E-state index < -0.39 is 0 Å². The normalized spacial score (nSPS) is 9.88. The number of hydrogen-bond acceptors (Lipinski definition) is 1. The van der Waals surface area contributed by atoms with E-state index in [2.05, 4.69) is 54.3 Å². The lowest BCUT2D eigenvalue weighted by Crippen LogP contribution is -1.76. The van der Waals surface area contributed by atoms with Crippen LogP contribution in [0.1, 0.15) is 10.4 Å². The molecule has 0 saturated carbocycles. The summed E-state index contributed by atoms with van der Waals surface area (Å²) in [7, 11) is 0. The molecule has 80 valence electrons. The Hall–Kier alpha value is -2.04. The van der Waals surface area contributed by atoms with Crippen molar-refractivity contribution in [1.82, 2.24) is 0 Å². The minimum absolute atomic E-state index is 1.07.